The second-order valence-electron chi connectivity index (χ2n) is 4.82. The molecule has 3 aromatic rings. The van der Waals surface area contributed by atoms with E-state index in [-0.39, 0.29) is 5.75 Å². The molecular formula is C16H15ClN2O. The maximum Gasteiger partial charge on any atom is 0.115 e. The normalized spacial score (nSPS) is 11.1. The number of fused-ring (bicyclic) bond motifs is 1. The molecule has 0 saturated heterocycles. The molecule has 0 radical (unpaired) electrons. The van der Waals surface area contributed by atoms with Crippen LogP contribution in [0.25, 0.3) is 10.9 Å². The van der Waals surface area contributed by atoms with Gasteiger partial charge in [-0.1, -0.05) is 29.8 Å². The first-order valence-corrected chi connectivity index (χ1v) is 6.80. The van der Waals surface area contributed by atoms with Crippen LogP contribution in [0.2, 0.25) is 5.02 Å². The first-order valence-electron chi connectivity index (χ1n) is 6.42. The first-order chi connectivity index (χ1) is 9.67. The van der Waals surface area contributed by atoms with Crippen molar-refractivity contribution in [3.63, 3.8) is 0 Å². The second kappa shape index (κ2) is 5.19. The monoisotopic (exact) mass is 286 g/mol. The van der Waals surface area contributed by atoms with Gasteiger partial charge in [0, 0.05) is 29.7 Å². The maximum absolute atomic E-state index is 9.55. The second-order valence-corrected chi connectivity index (χ2v) is 5.25. The van der Waals surface area contributed by atoms with Crippen molar-refractivity contribution in [1.29, 1.82) is 0 Å². The fourth-order valence-corrected chi connectivity index (χ4v) is 2.65. The Bertz CT molecular complexity index is 764. The van der Waals surface area contributed by atoms with Crippen LogP contribution in [0.1, 0.15) is 11.1 Å². The number of nitrogens with two attached hydrogens (primary N) is 1. The summed E-state index contributed by atoms with van der Waals surface area (Å²) in [4.78, 5) is 0. The van der Waals surface area contributed by atoms with Crippen molar-refractivity contribution in [3.8, 4) is 5.75 Å². The van der Waals surface area contributed by atoms with E-state index in [1.807, 2.05) is 36.5 Å². The summed E-state index contributed by atoms with van der Waals surface area (Å²) in [5.41, 5.74) is 8.98. The Kier molecular flexibility index (Phi) is 3.38. The lowest BCUT2D eigenvalue weighted by molar-refractivity contribution is 0.474. The van der Waals surface area contributed by atoms with Gasteiger partial charge in [0.2, 0.25) is 0 Å². The molecule has 0 aliphatic carbocycles. The number of nitrogens with zero attached hydrogens (tertiary/aromatic N) is 1. The fraction of sp³-hybridized carbons (Fsp3) is 0.125. The number of aromatic nitrogens is 1. The van der Waals surface area contributed by atoms with E-state index in [0.717, 1.165) is 22.0 Å². The summed E-state index contributed by atoms with van der Waals surface area (Å²) in [6.07, 6.45) is 2.05. The van der Waals surface area contributed by atoms with Crippen molar-refractivity contribution < 1.29 is 5.11 Å². The highest BCUT2D eigenvalue weighted by molar-refractivity contribution is 6.31. The molecule has 2 aromatic carbocycles. The van der Waals surface area contributed by atoms with Gasteiger partial charge in [-0.25, -0.2) is 0 Å². The zero-order valence-electron chi connectivity index (χ0n) is 10.9. The van der Waals surface area contributed by atoms with Crippen LogP contribution in [-0.4, -0.2) is 9.67 Å². The SMILES string of the molecule is NCc1cn(Cc2cccc(O)c2)c2cc(Cl)ccc12. The minimum absolute atomic E-state index is 0.274. The average Bonchev–Trinajstić information content (AvgIpc) is 2.76. The summed E-state index contributed by atoms with van der Waals surface area (Å²) < 4.78 is 2.11. The zero-order chi connectivity index (χ0) is 14.1. The summed E-state index contributed by atoms with van der Waals surface area (Å²) in [6, 6.07) is 13.1. The standard InChI is InChI=1S/C16H15ClN2O/c17-13-4-5-15-12(8-18)10-19(16(15)7-13)9-11-2-1-3-14(20)6-11/h1-7,10,20H,8-9,18H2. The van der Waals surface area contributed by atoms with Gasteiger partial charge >= 0.3 is 0 Å². The number of halogens is 1. The molecule has 102 valence electrons. The van der Waals surface area contributed by atoms with Crippen LogP contribution >= 0.6 is 11.6 Å². The van der Waals surface area contributed by atoms with Crippen molar-refractivity contribution in [3.05, 3.63) is 64.8 Å². The van der Waals surface area contributed by atoms with Crippen molar-refractivity contribution in [2.45, 2.75) is 13.1 Å². The Morgan fingerprint density at radius 2 is 2.00 bits per heavy atom. The van der Waals surface area contributed by atoms with Gasteiger partial charge in [-0.3, -0.25) is 0 Å². The van der Waals surface area contributed by atoms with Gasteiger partial charge in [-0.05, 0) is 35.4 Å². The van der Waals surface area contributed by atoms with Crippen LogP contribution in [0.3, 0.4) is 0 Å². The number of phenols is 1. The van der Waals surface area contributed by atoms with E-state index >= 15 is 0 Å². The van der Waals surface area contributed by atoms with Gasteiger partial charge in [0.05, 0.1) is 5.52 Å². The number of phenolic OH excluding ortho intramolecular Hbond substituents is 1. The average molecular weight is 287 g/mol. The zero-order valence-corrected chi connectivity index (χ0v) is 11.6. The fourth-order valence-electron chi connectivity index (χ4n) is 2.49. The Hall–Kier alpha value is -1.97. The van der Waals surface area contributed by atoms with E-state index in [1.54, 1.807) is 12.1 Å². The topological polar surface area (TPSA) is 51.2 Å². The minimum Gasteiger partial charge on any atom is -0.508 e. The highest BCUT2D eigenvalue weighted by Crippen LogP contribution is 2.26. The van der Waals surface area contributed by atoms with E-state index < -0.39 is 0 Å². The lowest BCUT2D eigenvalue weighted by Gasteiger charge is -2.06. The molecule has 0 aliphatic heterocycles. The van der Waals surface area contributed by atoms with Crippen LogP contribution in [0, 0.1) is 0 Å². The summed E-state index contributed by atoms with van der Waals surface area (Å²) in [6.45, 7) is 1.16. The van der Waals surface area contributed by atoms with Crippen LogP contribution in [0.15, 0.2) is 48.7 Å². The molecule has 0 fully saturated rings. The predicted octanol–water partition coefficient (Wildman–Crippen LogP) is 3.51. The maximum atomic E-state index is 9.55. The van der Waals surface area contributed by atoms with E-state index in [2.05, 4.69) is 4.57 Å². The largest absolute Gasteiger partial charge is 0.508 e. The number of hydrogen-bond donors (Lipinski definition) is 2. The lowest BCUT2D eigenvalue weighted by atomic mass is 10.2. The number of hydrogen-bond acceptors (Lipinski definition) is 2. The van der Waals surface area contributed by atoms with Gasteiger partial charge < -0.3 is 15.4 Å². The van der Waals surface area contributed by atoms with Gasteiger partial charge in [0.25, 0.3) is 0 Å². The lowest BCUT2D eigenvalue weighted by Crippen LogP contribution is -1.98. The van der Waals surface area contributed by atoms with E-state index in [0.29, 0.717) is 18.1 Å². The first kappa shape index (κ1) is 13.0. The molecule has 4 heteroatoms. The number of aromatic hydroxyl groups is 1. The van der Waals surface area contributed by atoms with Gasteiger partial charge in [-0.2, -0.15) is 0 Å². The Labute approximate surface area is 122 Å². The van der Waals surface area contributed by atoms with Crippen molar-refractivity contribution in [1.82, 2.24) is 4.57 Å². The van der Waals surface area contributed by atoms with Crippen LogP contribution < -0.4 is 5.73 Å². The summed E-state index contributed by atoms with van der Waals surface area (Å²) in [5.74, 6) is 0.274. The smallest absolute Gasteiger partial charge is 0.115 e. The van der Waals surface area contributed by atoms with Crippen LogP contribution in [0.5, 0.6) is 5.75 Å². The molecule has 0 saturated carbocycles. The molecule has 1 heterocycles. The van der Waals surface area contributed by atoms with E-state index in [4.69, 9.17) is 17.3 Å². The third-order valence-electron chi connectivity index (χ3n) is 3.41. The molecule has 3 rings (SSSR count). The Morgan fingerprint density at radius 3 is 2.75 bits per heavy atom. The van der Waals surface area contributed by atoms with Crippen molar-refractivity contribution >= 4 is 22.5 Å². The molecule has 0 amide bonds. The van der Waals surface area contributed by atoms with Crippen molar-refractivity contribution in [2.75, 3.05) is 0 Å². The van der Waals surface area contributed by atoms with E-state index in [9.17, 15) is 5.11 Å². The molecule has 0 spiro atoms. The highest BCUT2D eigenvalue weighted by atomic mass is 35.5. The van der Waals surface area contributed by atoms with Gasteiger partial charge in [0.1, 0.15) is 5.75 Å². The molecule has 3 nitrogen and oxygen atoms in total. The molecular weight excluding hydrogens is 272 g/mol. The summed E-state index contributed by atoms with van der Waals surface area (Å²) in [5, 5.41) is 11.4. The molecule has 0 aliphatic rings. The predicted molar refractivity (Wildman–Crippen MR) is 82.0 cm³/mol. The molecule has 1 aromatic heterocycles. The van der Waals surface area contributed by atoms with Crippen molar-refractivity contribution in [2.24, 2.45) is 5.73 Å². The Morgan fingerprint density at radius 1 is 1.15 bits per heavy atom. The number of rotatable bonds is 3. The Balaban J connectivity index is 2.09. The van der Waals surface area contributed by atoms with Gasteiger partial charge in [0.15, 0.2) is 0 Å². The van der Waals surface area contributed by atoms with E-state index in [1.165, 1.54) is 0 Å². The third kappa shape index (κ3) is 2.38. The number of benzene rings is 2. The van der Waals surface area contributed by atoms with Crippen LogP contribution in [-0.2, 0) is 13.1 Å². The molecule has 0 unspecified atom stereocenters. The van der Waals surface area contributed by atoms with Gasteiger partial charge in [-0.15, -0.1) is 0 Å². The summed E-state index contributed by atoms with van der Waals surface area (Å²) in [7, 11) is 0. The molecule has 0 bridgehead atoms. The molecule has 3 N–H and O–H groups in total. The quantitative estimate of drug-likeness (QED) is 0.774. The minimum atomic E-state index is 0.274. The highest BCUT2D eigenvalue weighted by Gasteiger charge is 2.08. The molecule has 0 atom stereocenters. The molecule has 20 heavy (non-hydrogen) atoms. The van der Waals surface area contributed by atoms with Crippen LogP contribution in [0.4, 0.5) is 0 Å². The third-order valence-corrected chi connectivity index (χ3v) is 3.65. The summed E-state index contributed by atoms with van der Waals surface area (Å²) >= 11 is 6.09.